The van der Waals surface area contributed by atoms with Gasteiger partial charge in [0, 0.05) is 30.0 Å². The summed E-state index contributed by atoms with van der Waals surface area (Å²) in [5.41, 5.74) is 3.52. The summed E-state index contributed by atoms with van der Waals surface area (Å²) in [4.78, 5) is 28.7. The van der Waals surface area contributed by atoms with E-state index in [2.05, 4.69) is 15.7 Å². The number of hydrazine groups is 1. The van der Waals surface area contributed by atoms with Gasteiger partial charge >= 0.3 is 6.09 Å². The van der Waals surface area contributed by atoms with E-state index in [9.17, 15) is 9.59 Å². The fraction of sp³-hybridized carbons (Fsp3) is 0.476. The Balaban J connectivity index is 1.46. The Morgan fingerprint density at radius 2 is 1.93 bits per heavy atom. The molecule has 156 valence electrons. The smallest absolute Gasteiger partial charge is 0.407 e. The largest absolute Gasteiger partial charge is 0.444 e. The maximum absolute atomic E-state index is 12.5. The number of hydrogen-bond donors (Lipinski definition) is 2. The van der Waals surface area contributed by atoms with E-state index >= 15 is 0 Å². The van der Waals surface area contributed by atoms with Gasteiger partial charge in [0.2, 0.25) is 0 Å². The molecule has 0 saturated carbocycles. The van der Waals surface area contributed by atoms with Crippen molar-refractivity contribution in [1.29, 1.82) is 0 Å². The number of halogens is 1. The van der Waals surface area contributed by atoms with E-state index in [0.29, 0.717) is 23.2 Å². The Bertz CT molecular complexity index is 889. The molecule has 1 saturated heterocycles. The van der Waals surface area contributed by atoms with Gasteiger partial charge in [-0.25, -0.2) is 14.8 Å². The number of aromatic nitrogens is 1. The molecule has 0 atom stereocenters. The molecule has 2 aromatic rings. The third kappa shape index (κ3) is 6.30. The van der Waals surface area contributed by atoms with E-state index in [1.165, 1.54) is 0 Å². The van der Waals surface area contributed by atoms with Gasteiger partial charge < -0.3 is 10.1 Å². The summed E-state index contributed by atoms with van der Waals surface area (Å²) in [6.07, 6.45) is 1.36. The molecule has 1 aromatic carbocycles. The molecule has 0 aliphatic carbocycles. The fourth-order valence-electron chi connectivity index (χ4n) is 3.21. The van der Waals surface area contributed by atoms with Crippen LogP contribution in [0.4, 0.5) is 4.79 Å². The Morgan fingerprint density at radius 3 is 2.62 bits per heavy atom. The van der Waals surface area contributed by atoms with Crippen molar-refractivity contribution in [3.63, 3.8) is 0 Å². The molecule has 0 bridgehead atoms. The lowest BCUT2D eigenvalue weighted by atomic mass is 9.98. The van der Waals surface area contributed by atoms with Crippen LogP contribution in [0.3, 0.4) is 0 Å². The van der Waals surface area contributed by atoms with Crippen LogP contribution in [0.1, 0.15) is 44.1 Å². The quantitative estimate of drug-likeness (QED) is 0.789. The van der Waals surface area contributed by atoms with Crippen molar-refractivity contribution < 1.29 is 14.3 Å². The highest BCUT2D eigenvalue weighted by atomic mass is 35.5. The molecular weight excluding hydrogens is 392 g/mol. The number of rotatable bonds is 4. The highest BCUT2D eigenvalue weighted by Crippen LogP contribution is 2.19. The minimum Gasteiger partial charge on any atom is -0.444 e. The zero-order chi connectivity index (χ0) is 21.0. The second-order valence-corrected chi connectivity index (χ2v) is 8.72. The summed E-state index contributed by atoms with van der Waals surface area (Å²) in [6.45, 7) is 7.53. The van der Waals surface area contributed by atoms with E-state index in [4.69, 9.17) is 16.3 Å². The van der Waals surface area contributed by atoms with Gasteiger partial charge in [-0.15, -0.1) is 0 Å². The monoisotopic (exact) mass is 418 g/mol. The van der Waals surface area contributed by atoms with Crippen LogP contribution in [0.15, 0.2) is 30.3 Å². The summed E-state index contributed by atoms with van der Waals surface area (Å²) in [5, 5.41) is 6.26. The molecule has 0 spiro atoms. The predicted octanol–water partition coefficient (Wildman–Crippen LogP) is 3.77. The first-order valence-electron chi connectivity index (χ1n) is 9.79. The summed E-state index contributed by atoms with van der Waals surface area (Å²) < 4.78 is 5.26. The number of benzene rings is 1. The summed E-state index contributed by atoms with van der Waals surface area (Å²) in [5.74, 6) is 0.131. The first-order valence-corrected chi connectivity index (χ1v) is 10.2. The lowest BCUT2D eigenvalue weighted by Crippen LogP contribution is -2.48. The Labute approximate surface area is 175 Å². The molecule has 8 heteroatoms. The topological polar surface area (TPSA) is 83.6 Å². The zero-order valence-corrected chi connectivity index (χ0v) is 17.8. The number of carbonyl (C=O) groups is 2. The first-order chi connectivity index (χ1) is 13.7. The number of amides is 2. The minimum atomic E-state index is -0.499. The third-order valence-electron chi connectivity index (χ3n) is 4.69. The van der Waals surface area contributed by atoms with E-state index in [1.807, 2.05) is 37.9 Å². The number of carbonyl (C=O) groups excluding carboxylic acids is 2. The van der Waals surface area contributed by atoms with Crippen LogP contribution in [-0.4, -0.2) is 47.2 Å². The van der Waals surface area contributed by atoms with Gasteiger partial charge in [-0.05, 0) is 63.8 Å². The van der Waals surface area contributed by atoms with Crippen LogP contribution >= 0.6 is 11.6 Å². The van der Waals surface area contributed by atoms with Crippen molar-refractivity contribution in [3.8, 4) is 0 Å². The molecule has 1 aromatic heterocycles. The van der Waals surface area contributed by atoms with Crippen molar-refractivity contribution in [2.24, 2.45) is 5.92 Å². The second-order valence-electron chi connectivity index (χ2n) is 8.29. The van der Waals surface area contributed by atoms with Gasteiger partial charge in [0.15, 0.2) is 0 Å². The molecule has 2 amide bonds. The van der Waals surface area contributed by atoms with E-state index in [1.54, 1.807) is 18.2 Å². The van der Waals surface area contributed by atoms with E-state index < -0.39 is 11.7 Å². The second kappa shape index (κ2) is 8.97. The third-order valence-corrected chi connectivity index (χ3v) is 4.93. The molecule has 2 heterocycles. The van der Waals surface area contributed by atoms with Crippen LogP contribution < -0.4 is 10.7 Å². The van der Waals surface area contributed by atoms with Gasteiger partial charge in [0.05, 0.1) is 5.52 Å². The normalized spacial score (nSPS) is 15.9. The molecular formula is C21H27ClN4O3. The van der Waals surface area contributed by atoms with E-state index in [-0.39, 0.29) is 5.91 Å². The van der Waals surface area contributed by atoms with Crippen LogP contribution in [0.2, 0.25) is 5.02 Å². The number of fused-ring (bicyclic) bond motifs is 1. The van der Waals surface area contributed by atoms with E-state index in [0.717, 1.165) is 36.8 Å². The number of nitrogens with one attached hydrogen (secondary N) is 2. The van der Waals surface area contributed by atoms with Gasteiger partial charge in [-0.3, -0.25) is 10.2 Å². The van der Waals surface area contributed by atoms with Crippen molar-refractivity contribution in [2.75, 3.05) is 19.6 Å². The molecule has 1 fully saturated rings. The predicted molar refractivity (Wildman–Crippen MR) is 113 cm³/mol. The van der Waals surface area contributed by atoms with Crippen LogP contribution in [0.5, 0.6) is 0 Å². The van der Waals surface area contributed by atoms with Crippen LogP contribution in [0, 0.1) is 5.92 Å². The number of ether oxygens (including phenoxy) is 1. The number of hydrogen-bond acceptors (Lipinski definition) is 5. The van der Waals surface area contributed by atoms with Crippen LogP contribution in [0.25, 0.3) is 10.9 Å². The summed E-state index contributed by atoms with van der Waals surface area (Å²) >= 11 is 5.99. The van der Waals surface area contributed by atoms with Crippen molar-refractivity contribution in [2.45, 2.75) is 39.2 Å². The standard InChI is InChI=1S/C21H27ClN4O3/c1-21(2,3)29-20(28)23-13-14-8-10-26(11-9-14)25-19(27)18-6-4-15-12-16(22)5-7-17(15)24-18/h4-7,12,14H,8-11,13H2,1-3H3,(H,23,28)(H,25,27). The highest BCUT2D eigenvalue weighted by molar-refractivity contribution is 6.31. The number of piperidine rings is 1. The van der Waals surface area contributed by atoms with Gasteiger partial charge in [0.1, 0.15) is 11.3 Å². The SMILES string of the molecule is CC(C)(C)OC(=O)NCC1CCN(NC(=O)c2ccc3cc(Cl)ccc3n2)CC1. The average Bonchev–Trinajstić information content (AvgIpc) is 2.65. The van der Waals surface area contributed by atoms with Crippen molar-refractivity contribution >= 4 is 34.5 Å². The molecule has 2 N–H and O–H groups in total. The van der Waals surface area contributed by atoms with Gasteiger partial charge in [-0.2, -0.15) is 0 Å². The number of alkyl carbamates (subject to hydrolysis) is 1. The Morgan fingerprint density at radius 1 is 1.21 bits per heavy atom. The van der Waals surface area contributed by atoms with Crippen molar-refractivity contribution in [3.05, 3.63) is 41.0 Å². The number of nitrogens with zero attached hydrogens (tertiary/aromatic N) is 2. The van der Waals surface area contributed by atoms with Gasteiger partial charge in [0.25, 0.3) is 5.91 Å². The number of pyridine rings is 1. The molecule has 29 heavy (non-hydrogen) atoms. The molecule has 1 aliphatic heterocycles. The summed E-state index contributed by atoms with van der Waals surface area (Å²) in [6, 6.07) is 8.93. The lowest BCUT2D eigenvalue weighted by molar-refractivity contribution is 0.0501. The molecule has 0 radical (unpaired) electrons. The molecule has 3 rings (SSSR count). The lowest BCUT2D eigenvalue weighted by Gasteiger charge is -2.32. The van der Waals surface area contributed by atoms with Gasteiger partial charge in [-0.1, -0.05) is 17.7 Å². The first kappa shape index (κ1) is 21.3. The average molecular weight is 419 g/mol. The summed E-state index contributed by atoms with van der Waals surface area (Å²) in [7, 11) is 0. The Kier molecular flexibility index (Phi) is 6.59. The molecule has 0 unspecified atom stereocenters. The zero-order valence-electron chi connectivity index (χ0n) is 17.0. The highest BCUT2D eigenvalue weighted by Gasteiger charge is 2.23. The fourth-order valence-corrected chi connectivity index (χ4v) is 3.40. The van der Waals surface area contributed by atoms with Crippen LogP contribution in [-0.2, 0) is 4.74 Å². The minimum absolute atomic E-state index is 0.229. The van der Waals surface area contributed by atoms with Crippen molar-refractivity contribution in [1.82, 2.24) is 20.7 Å². The maximum Gasteiger partial charge on any atom is 0.407 e. The molecule has 7 nitrogen and oxygen atoms in total. The Hall–Kier alpha value is -2.38. The molecule has 1 aliphatic rings. The maximum atomic E-state index is 12.5.